The molecule has 0 saturated carbocycles. The standard InChI is InChI=1S/C24H15F7N6O2S/c1-11-16-17(18(40-11)20(38)39)37(21(32-16)22(25,26)23(27,28)24(29,30)31)10-12-6-8-13(9-7-12)14-4-2-3-5-15(14)19-33-35-36-34-19/h2-9H,10H2,1H3,(H,38,39)(H,33,34,35,36). The molecule has 0 spiro atoms. The molecule has 3 heterocycles. The van der Waals surface area contributed by atoms with Gasteiger partial charge in [0.1, 0.15) is 10.4 Å². The van der Waals surface area contributed by atoms with Gasteiger partial charge in [0.05, 0.1) is 5.52 Å². The van der Waals surface area contributed by atoms with Crippen LogP contribution in [0.5, 0.6) is 0 Å². The first-order valence-corrected chi connectivity index (χ1v) is 12.0. The van der Waals surface area contributed by atoms with Gasteiger partial charge in [-0.2, -0.15) is 35.9 Å². The molecule has 40 heavy (non-hydrogen) atoms. The van der Waals surface area contributed by atoms with E-state index in [2.05, 4.69) is 25.6 Å². The normalized spacial score (nSPS) is 12.8. The van der Waals surface area contributed by atoms with E-state index in [4.69, 9.17) is 0 Å². The number of fused-ring (bicyclic) bond motifs is 1. The van der Waals surface area contributed by atoms with Crippen molar-refractivity contribution in [3.05, 3.63) is 69.7 Å². The molecule has 3 aromatic heterocycles. The highest BCUT2D eigenvalue weighted by molar-refractivity contribution is 7.15. The highest BCUT2D eigenvalue weighted by atomic mass is 32.1. The minimum atomic E-state index is -6.60. The molecule has 2 N–H and O–H groups in total. The zero-order chi connectivity index (χ0) is 29.0. The van der Waals surface area contributed by atoms with E-state index >= 15 is 0 Å². The smallest absolute Gasteiger partial charge is 0.460 e. The highest BCUT2D eigenvalue weighted by Crippen LogP contribution is 2.52. The molecule has 208 valence electrons. The van der Waals surface area contributed by atoms with Crippen LogP contribution < -0.4 is 0 Å². The molecule has 0 aliphatic heterocycles. The van der Waals surface area contributed by atoms with Crippen molar-refractivity contribution in [2.75, 3.05) is 0 Å². The van der Waals surface area contributed by atoms with Crippen LogP contribution >= 0.6 is 11.3 Å². The SMILES string of the molecule is Cc1sc(C(=O)O)c2c1nc(C(F)(F)C(F)(F)C(F)(F)F)n2Cc1ccc(-c2ccccc2-c2nn[nH]n2)cc1. The second-order valence-corrected chi connectivity index (χ2v) is 9.86. The molecule has 5 rings (SSSR count). The molecule has 0 fully saturated rings. The third-order valence-electron chi connectivity index (χ3n) is 6.12. The lowest BCUT2D eigenvalue weighted by atomic mass is 9.98. The van der Waals surface area contributed by atoms with E-state index in [1.54, 1.807) is 36.4 Å². The zero-order valence-corrected chi connectivity index (χ0v) is 20.8. The van der Waals surface area contributed by atoms with Gasteiger partial charge < -0.3 is 9.67 Å². The number of benzene rings is 2. The molecule has 0 aliphatic carbocycles. The van der Waals surface area contributed by atoms with E-state index in [0.717, 1.165) is 0 Å². The lowest BCUT2D eigenvalue weighted by Gasteiger charge is -2.28. The van der Waals surface area contributed by atoms with Crippen LogP contribution in [0.4, 0.5) is 30.7 Å². The van der Waals surface area contributed by atoms with Gasteiger partial charge in [-0.05, 0) is 28.8 Å². The fourth-order valence-corrected chi connectivity index (χ4v) is 5.15. The van der Waals surface area contributed by atoms with Crippen molar-refractivity contribution in [2.45, 2.75) is 31.5 Å². The van der Waals surface area contributed by atoms with Crippen LogP contribution in [0, 0.1) is 6.92 Å². The van der Waals surface area contributed by atoms with Crippen LogP contribution in [0.3, 0.4) is 0 Å². The average molecular weight is 584 g/mol. The number of aromatic carboxylic acids is 1. The van der Waals surface area contributed by atoms with E-state index < -0.39 is 52.3 Å². The van der Waals surface area contributed by atoms with Crippen molar-refractivity contribution in [2.24, 2.45) is 0 Å². The number of carboxylic acids is 1. The summed E-state index contributed by atoms with van der Waals surface area (Å²) in [6.07, 6.45) is -6.60. The molecule has 0 amide bonds. The van der Waals surface area contributed by atoms with Gasteiger partial charge in [-0.3, -0.25) is 0 Å². The number of halogens is 7. The van der Waals surface area contributed by atoms with E-state index in [-0.39, 0.29) is 10.4 Å². The summed E-state index contributed by atoms with van der Waals surface area (Å²) in [5.74, 6) is -15.5. The Labute approximate surface area is 223 Å². The fourth-order valence-electron chi connectivity index (χ4n) is 4.21. The number of thiophene rings is 1. The van der Waals surface area contributed by atoms with Crippen molar-refractivity contribution < 1.29 is 40.6 Å². The number of nitrogens with one attached hydrogen (secondary N) is 1. The average Bonchev–Trinajstić information content (AvgIpc) is 3.62. The van der Waals surface area contributed by atoms with Gasteiger partial charge in [-0.1, -0.05) is 48.5 Å². The molecule has 2 aromatic carbocycles. The molecule has 0 saturated heterocycles. The van der Waals surface area contributed by atoms with Crippen LogP contribution in [-0.2, 0) is 12.5 Å². The monoisotopic (exact) mass is 584 g/mol. The van der Waals surface area contributed by atoms with E-state index in [1.165, 1.54) is 19.1 Å². The van der Waals surface area contributed by atoms with Crippen molar-refractivity contribution >= 4 is 28.3 Å². The predicted octanol–water partition coefficient (Wildman–Crippen LogP) is 6.29. The van der Waals surface area contributed by atoms with Gasteiger partial charge in [0.2, 0.25) is 5.82 Å². The molecular weight excluding hydrogens is 569 g/mol. The molecule has 0 unspecified atom stereocenters. The number of rotatable bonds is 7. The molecule has 0 aliphatic rings. The third-order valence-corrected chi connectivity index (χ3v) is 7.19. The van der Waals surface area contributed by atoms with E-state index in [1.807, 2.05) is 0 Å². The molecular formula is C24H15F7N6O2S. The first-order valence-electron chi connectivity index (χ1n) is 11.2. The Balaban J connectivity index is 1.62. The number of alkyl halides is 7. The highest BCUT2D eigenvalue weighted by Gasteiger charge is 2.75. The minimum absolute atomic E-state index is 0.0620. The molecule has 0 bridgehead atoms. The van der Waals surface area contributed by atoms with Crippen LogP contribution in [0.15, 0.2) is 48.5 Å². The Morgan fingerprint density at radius 1 is 1.00 bits per heavy atom. The summed E-state index contributed by atoms with van der Waals surface area (Å²) in [4.78, 5) is 14.8. The lowest BCUT2D eigenvalue weighted by Crippen LogP contribution is -2.51. The van der Waals surface area contributed by atoms with Gasteiger partial charge in [-0.25, -0.2) is 9.78 Å². The van der Waals surface area contributed by atoms with Crippen LogP contribution in [0.25, 0.3) is 33.5 Å². The van der Waals surface area contributed by atoms with E-state index in [9.17, 15) is 40.6 Å². The summed E-state index contributed by atoms with van der Waals surface area (Å²) >= 11 is 0.642. The fraction of sp³-hybridized carbons (Fsp3) is 0.208. The summed E-state index contributed by atoms with van der Waals surface area (Å²) in [7, 11) is 0. The Morgan fingerprint density at radius 3 is 2.23 bits per heavy atom. The van der Waals surface area contributed by atoms with Crippen molar-refractivity contribution in [3.63, 3.8) is 0 Å². The van der Waals surface area contributed by atoms with Gasteiger partial charge in [0.15, 0.2) is 5.82 Å². The number of carboxylic acid groups (broad SMARTS) is 1. The number of nitrogens with zero attached hydrogens (tertiary/aromatic N) is 5. The summed E-state index contributed by atoms with van der Waals surface area (Å²) in [5, 5.41) is 23.4. The number of H-pyrrole nitrogens is 1. The predicted molar refractivity (Wildman–Crippen MR) is 128 cm³/mol. The summed E-state index contributed by atoms with van der Waals surface area (Å²) in [5.41, 5.74) is 1.21. The van der Waals surface area contributed by atoms with Crippen molar-refractivity contribution in [1.29, 1.82) is 0 Å². The van der Waals surface area contributed by atoms with Gasteiger partial charge >= 0.3 is 24.0 Å². The number of aryl methyl sites for hydroxylation is 1. The second-order valence-electron chi connectivity index (χ2n) is 8.64. The first kappa shape index (κ1) is 27.2. The quantitative estimate of drug-likeness (QED) is 0.218. The number of carbonyl (C=O) groups is 1. The summed E-state index contributed by atoms with van der Waals surface area (Å²) < 4.78 is 97.4. The number of hydrogen-bond donors (Lipinski definition) is 2. The summed E-state index contributed by atoms with van der Waals surface area (Å²) in [6, 6.07) is 13.0. The third kappa shape index (κ3) is 4.27. The number of imidazole rings is 1. The van der Waals surface area contributed by atoms with Crippen LogP contribution in [-0.4, -0.2) is 53.3 Å². The second kappa shape index (κ2) is 9.39. The Hall–Kier alpha value is -4.34. The maximum Gasteiger partial charge on any atom is 0.460 e. The topological polar surface area (TPSA) is 110 Å². The maximum absolute atomic E-state index is 14.9. The molecule has 0 radical (unpaired) electrons. The maximum atomic E-state index is 14.9. The number of tetrazole rings is 1. The van der Waals surface area contributed by atoms with Crippen LogP contribution in [0.2, 0.25) is 0 Å². The Bertz CT molecular complexity index is 1710. The first-order chi connectivity index (χ1) is 18.7. The number of aromatic amines is 1. The largest absolute Gasteiger partial charge is 0.477 e. The number of hydrogen-bond acceptors (Lipinski definition) is 6. The molecule has 8 nitrogen and oxygen atoms in total. The van der Waals surface area contributed by atoms with Gasteiger partial charge in [0, 0.05) is 17.0 Å². The van der Waals surface area contributed by atoms with Gasteiger partial charge in [-0.15, -0.1) is 21.5 Å². The zero-order valence-electron chi connectivity index (χ0n) is 20.0. The van der Waals surface area contributed by atoms with Gasteiger partial charge in [0.25, 0.3) is 0 Å². The Kier molecular flexibility index (Phi) is 6.40. The van der Waals surface area contributed by atoms with Crippen molar-refractivity contribution in [1.82, 2.24) is 30.2 Å². The summed E-state index contributed by atoms with van der Waals surface area (Å²) in [6.45, 7) is 0.634. The van der Waals surface area contributed by atoms with Crippen molar-refractivity contribution in [3.8, 4) is 22.5 Å². The lowest BCUT2D eigenvalue weighted by molar-refractivity contribution is -0.361. The molecule has 5 aromatic rings. The molecule has 16 heteroatoms. The minimum Gasteiger partial charge on any atom is -0.477 e. The van der Waals surface area contributed by atoms with Crippen LogP contribution in [0.1, 0.15) is 25.9 Å². The Morgan fingerprint density at radius 2 is 1.65 bits per heavy atom. The van der Waals surface area contributed by atoms with E-state index in [0.29, 0.717) is 38.4 Å². The molecule has 0 atom stereocenters. The number of aromatic nitrogens is 6.